The van der Waals surface area contributed by atoms with E-state index >= 15 is 0 Å². The molecule has 1 aliphatic rings. The summed E-state index contributed by atoms with van der Waals surface area (Å²) in [6, 6.07) is 3.57. The zero-order valence-corrected chi connectivity index (χ0v) is 13.2. The van der Waals surface area contributed by atoms with Crippen molar-refractivity contribution in [1.82, 2.24) is 9.88 Å². The van der Waals surface area contributed by atoms with Gasteiger partial charge in [0.05, 0.1) is 10.7 Å². The number of hydrogen-bond acceptors (Lipinski definition) is 2. The van der Waals surface area contributed by atoms with Gasteiger partial charge < -0.3 is 0 Å². The second kappa shape index (κ2) is 6.92. The van der Waals surface area contributed by atoms with Crippen LogP contribution in [0.4, 0.5) is 0 Å². The van der Waals surface area contributed by atoms with E-state index in [1.807, 2.05) is 6.07 Å². The van der Waals surface area contributed by atoms with Crippen LogP contribution < -0.4 is 0 Å². The first kappa shape index (κ1) is 15.1. The van der Waals surface area contributed by atoms with Gasteiger partial charge in [-0.2, -0.15) is 0 Å². The summed E-state index contributed by atoms with van der Waals surface area (Å²) in [5.74, 6) is 1.64. The number of pyridine rings is 1. The van der Waals surface area contributed by atoms with Crippen LogP contribution in [0.15, 0.2) is 12.1 Å². The Bertz CT molecular complexity index is 421. The van der Waals surface area contributed by atoms with E-state index in [1.165, 1.54) is 19.3 Å². The molecule has 4 heteroatoms. The fourth-order valence-corrected chi connectivity index (χ4v) is 3.12. The molecule has 1 fully saturated rings. The summed E-state index contributed by atoms with van der Waals surface area (Å²) in [5.41, 5.74) is 0.900. The van der Waals surface area contributed by atoms with Crippen LogP contribution >= 0.6 is 23.2 Å². The second-order valence-corrected chi connectivity index (χ2v) is 6.57. The van der Waals surface area contributed by atoms with Gasteiger partial charge in [0, 0.05) is 6.54 Å². The largest absolute Gasteiger partial charge is 0.297 e. The van der Waals surface area contributed by atoms with Crippen LogP contribution in [0.25, 0.3) is 0 Å². The molecule has 0 bridgehead atoms. The minimum absolute atomic E-state index is 0.522. The molecule has 0 spiro atoms. The molecule has 1 aromatic rings. The van der Waals surface area contributed by atoms with Gasteiger partial charge in [0.25, 0.3) is 0 Å². The molecule has 1 aliphatic heterocycles. The molecule has 0 N–H and O–H groups in total. The van der Waals surface area contributed by atoms with Crippen molar-refractivity contribution in [3.8, 4) is 0 Å². The van der Waals surface area contributed by atoms with E-state index < -0.39 is 0 Å². The lowest BCUT2D eigenvalue weighted by Gasteiger charge is -2.21. The number of hydrogen-bond donors (Lipinski definition) is 0. The third kappa shape index (κ3) is 4.34. The molecule has 0 aromatic carbocycles. The molecule has 1 saturated heterocycles. The normalized spacial score (nSPS) is 21.6. The Labute approximate surface area is 126 Å². The highest BCUT2D eigenvalue weighted by atomic mass is 35.5. The van der Waals surface area contributed by atoms with Gasteiger partial charge in [0.2, 0.25) is 0 Å². The smallest absolute Gasteiger partial charge is 0.129 e. The molecule has 1 unspecified atom stereocenters. The molecule has 1 atom stereocenters. The molecule has 0 aliphatic carbocycles. The van der Waals surface area contributed by atoms with Crippen LogP contribution in [-0.4, -0.2) is 23.0 Å². The molecule has 0 amide bonds. The van der Waals surface area contributed by atoms with Crippen molar-refractivity contribution in [3.63, 3.8) is 0 Å². The number of likely N-dealkylation sites (tertiary alicyclic amines) is 1. The Morgan fingerprint density at radius 2 is 2.05 bits per heavy atom. The molecule has 2 rings (SSSR count). The number of halogens is 2. The minimum Gasteiger partial charge on any atom is -0.297 e. The van der Waals surface area contributed by atoms with Crippen molar-refractivity contribution in [2.75, 3.05) is 13.1 Å². The summed E-state index contributed by atoms with van der Waals surface area (Å²) >= 11 is 12.1. The van der Waals surface area contributed by atoms with Gasteiger partial charge in [-0.3, -0.25) is 4.90 Å². The summed E-state index contributed by atoms with van der Waals surface area (Å²) in [5, 5.41) is 1.24. The van der Waals surface area contributed by atoms with Gasteiger partial charge in [-0.05, 0) is 56.3 Å². The number of aromatic nitrogens is 1. The van der Waals surface area contributed by atoms with E-state index in [0.29, 0.717) is 10.2 Å². The molecule has 2 heterocycles. The SMILES string of the molecule is CC(C)C1CCCN(Cc2nc(Cl)ccc2Cl)CC1. The van der Waals surface area contributed by atoms with Gasteiger partial charge in [-0.15, -0.1) is 0 Å². The summed E-state index contributed by atoms with van der Waals surface area (Å²) in [4.78, 5) is 6.79. The maximum absolute atomic E-state index is 6.19. The third-order valence-corrected chi connectivity index (χ3v) is 4.62. The van der Waals surface area contributed by atoms with Crippen LogP contribution in [0.1, 0.15) is 38.8 Å². The van der Waals surface area contributed by atoms with Crippen LogP contribution in [0.5, 0.6) is 0 Å². The molecule has 0 saturated carbocycles. The molecule has 0 radical (unpaired) electrons. The Balaban J connectivity index is 1.98. The first-order valence-corrected chi connectivity index (χ1v) is 7.85. The standard InChI is InChI=1S/C15H22Cl2N2/c1-11(2)12-4-3-8-19(9-7-12)10-14-13(16)5-6-15(17)18-14/h5-6,11-12H,3-4,7-10H2,1-2H3. The fourth-order valence-electron chi connectivity index (χ4n) is 2.79. The van der Waals surface area contributed by atoms with Crippen LogP contribution in [-0.2, 0) is 6.54 Å². The van der Waals surface area contributed by atoms with E-state index in [9.17, 15) is 0 Å². The molecule has 19 heavy (non-hydrogen) atoms. The van der Waals surface area contributed by atoms with E-state index in [-0.39, 0.29) is 0 Å². The van der Waals surface area contributed by atoms with Crippen molar-refractivity contribution in [1.29, 1.82) is 0 Å². The van der Waals surface area contributed by atoms with Crippen molar-refractivity contribution in [2.45, 2.75) is 39.7 Å². The third-order valence-electron chi connectivity index (χ3n) is 4.07. The van der Waals surface area contributed by atoms with E-state index in [0.717, 1.165) is 37.2 Å². The van der Waals surface area contributed by atoms with Gasteiger partial charge in [0.1, 0.15) is 5.15 Å². The summed E-state index contributed by atoms with van der Waals surface area (Å²) in [7, 11) is 0. The first-order valence-electron chi connectivity index (χ1n) is 7.09. The Hall–Kier alpha value is -0.310. The molecule has 2 nitrogen and oxygen atoms in total. The predicted molar refractivity (Wildman–Crippen MR) is 81.7 cm³/mol. The average molecular weight is 301 g/mol. The molecule has 1 aromatic heterocycles. The molecular weight excluding hydrogens is 279 g/mol. The second-order valence-electron chi connectivity index (χ2n) is 5.77. The van der Waals surface area contributed by atoms with Gasteiger partial charge in [0.15, 0.2) is 0 Å². The van der Waals surface area contributed by atoms with Crippen molar-refractivity contribution in [2.24, 2.45) is 11.8 Å². The Morgan fingerprint density at radius 1 is 1.26 bits per heavy atom. The lowest BCUT2D eigenvalue weighted by atomic mass is 9.89. The topological polar surface area (TPSA) is 16.1 Å². The van der Waals surface area contributed by atoms with Crippen LogP contribution in [0.2, 0.25) is 10.2 Å². The Morgan fingerprint density at radius 3 is 2.79 bits per heavy atom. The van der Waals surface area contributed by atoms with E-state index in [2.05, 4.69) is 23.7 Å². The Kier molecular flexibility index (Phi) is 5.49. The molecular formula is C15H22Cl2N2. The van der Waals surface area contributed by atoms with E-state index in [4.69, 9.17) is 23.2 Å². The van der Waals surface area contributed by atoms with Crippen LogP contribution in [0, 0.1) is 11.8 Å². The quantitative estimate of drug-likeness (QED) is 0.756. The van der Waals surface area contributed by atoms with Crippen molar-refractivity contribution in [3.05, 3.63) is 28.0 Å². The predicted octanol–water partition coefficient (Wildman–Crippen LogP) is 4.65. The molecule has 106 valence electrons. The zero-order valence-electron chi connectivity index (χ0n) is 11.7. The fraction of sp³-hybridized carbons (Fsp3) is 0.667. The highest BCUT2D eigenvalue weighted by Gasteiger charge is 2.20. The average Bonchev–Trinajstić information content (AvgIpc) is 2.59. The number of rotatable bonds is 3. The highest BCUT2D eigenvalue weighted by Crippen LogP contribution is 2.26. The lowest BCUT2D eigenvalue weighted by Crippen LogP contribution is -2.25. The maximum atomic E-state index is 6.19. The first-order chi connectivity index (χ1) is 9.06. The summed E-state index contributed by atoms with van der Waals surface area (Å²) < 4.78 is 0. The lowest BCUT2D eigenvalue weighted by molar-refractivity contribution is 0.262. The summed E-state index contributed by atoms with van der Waals surface area (Å²) in [6.07, 6.45) is 3.88. The van der Waals surface area contributed by atoms with Gasteiger partial charge in [-0.25, -0.2) is 4.98 Å². The maximum Gasteiger partial charge on any atom is 0.129 e. The van der Waals surface area contributed by atoms with Gasteiger partial charge in [-0.1, -0.05) is 37.0 Å². The monoisotopic (exact) mass is 300 g/mol. The number of nitrogens with zero attached hydrogens (tertiary/aromatic N) is 2. The van der Waals surface area contributed by atoms with Crippen LogP contribution in [0.3, 0.4) is 0 Å². The zero-order chi connectivity index (χ0) is 13.8. The minimum atomic E-state index is 0.522. The van der Waals surface area contributed by atoms with Gasteiger partial charge >= 0.3 is 0 Å². The summed E-state index contributed by atoms with van der Waals surface area (Å²) in [6.45, 7) is 7.73. The highest BCUT2D eigenvalue weighted by molar-refractivity contribution is 6.32. The van der Waals surface area contributed by atoms with E-state index in [1.54, 1.807) is 6.07 Å². The van der Waals surface area contributed by atoms with Crippen molar-refractivity contribution >= 4 is 23.2 Å². The van der Waals surface area contributed by atoms with Crippen molar-refractivity contribution < 1.29 is 0 Å².